The van der Waals surface area contributed by atoms with Crippen LogP contribution in [-0.4, -0.2) is 22.0 Å². The molecule has 9 heteroatoms. The smallest absolute Gasteiger partial charge is 0.329 e. The van der Waals surface area contributed by atoms with Gasteiger partial charge in [0.1, 0.15) is 5.82 Å². The molecule has 2 aromatic heterocycles. The number of nitrogens with one attached hydrogen (secondary N) is 1. The van der Waals surface area contributed by atoms with Gasteiger partial charge in [0.05, 0.1) is 16.8 Å². The molecule has 5 rings (SSSR count). The number of aromatic nitrogens is 2. The molecule has 3 aromatic rings. The van der Waals surface area contributed by atoms with E-state index in [1.54, 1.807) is 17.6 Å². The number of fused-ring (bicyclic) bond motifs is 2. The van der Waals surface area contributed by atoms with Crippen molar-refractivity contribution in [3.8, 4) is 10.4 Å². The highest BCUT2D eigenvalue weighted by atomic mass is 32.1. The van der Waals surface area contributed by atoms with Crippen molar-refractivity contribution in [1.82, 2.24) is 9.55 Å². The molecule has 0 saturated heterocycles. The lowest BCUT2D eigenvalue weighted by Crippen LogP contribution is -2.35. The van der Waals surface area contributed by atoms with Crippen LogP contribution in [-0.2, 0) is 6.42 Å². The van der Waals surface area contributed by atoms with E-state index in [2.05, 4.69) is 4.98 Å². The van der Waals surface area contributed by atoms with Gasteiger partial charge in [0.2, 0.25) is 0 Å². The van der Waals surface area contributed by atoms with Crippen LogP contribution in [0, 0.1) is 19.7 Å². The Hall–Kier alpha value is -2.39. The third kappa shape index (κ3) is 2.93. The van der Waals surface area contributed by atoms with Gasteiger partial charge in [-0.3, -0.25) is 14.3 Å². The lowest BCUT2D eigenvalue weighted by atomic mass is 9.84. The van der Waals surface area contributed by atoms with Gasteiger partial charge in [-0.15, -0.1) is 11.3 Å². The molecule has 1 aromatic carbocycles. The number of nitrogens with zero attached hydrogens (tertiary/aromatic N) is 1. The maximum absolute atomic E-state index is 15.6. The highest BCUT2D eigenvalue weighted by Gasteiger charge is 2.44. The molecular formula is C22H22F3N3O2S. The summed E-state index contributed by atoms with van der Waals surface area (Å²) in [5, 5.41) is 0.165. The van der Waals surface area contributed by atoms with E-state index in [1.165, 1.54) is 18.3 Å². The van der Waals surface area contributed by atoms with E-state index in [0.29, 0.717) is 21.5 Å². The number of halogens is 3. The zero-order chi connectivity index (χ0) is 22.2. The van der Waals surface area contributed by atoms with Gasteiger partial charge < -0.3 is 5.73 Å². The number of nitrogens with two attached hydrogens (primary N) is 1. The summed E-state index contributed by atoms with van der Waals surface area (Å²) >= 11 is 1.29. The van der Waals surface area contributed by atoms with E-state index in [4.69, 9.17) is 5.73 Å². The molecule has 164 valence electrons. The Bertz CT molecular complexity index is 1350. The molecular weight excluding hydrogens is 427 g/mol. The van der Waals surface area contributed by atoms with Gasteiger partial charge in [-0.2, -0.15) is 0 Å². The molecule has 1 unspecified atom stereocenters. The monoisotopic (exact) mass is 449 g/mol. The maximum atomic E-state index is 15.6. The molecule has 1 fully saturated rings. The zero-order valence-corrected chi connectivity index (χ0v) is 18.0. The van der Waals surface area contributed by atoms with Crippen LogP contribution >= 0.6 is 11.3 Å². The molecule has 31 heavy (non-hydrogen) atoms. The summed E-state index contributed by atoms with van der Waals surface area (Å²) in [6, 6.07) is 1.59. The first-order valence-corrected chi connectivity index (χ1v) is 11.2. The molecule has 0 radical (unpaired) electrons. The Morgan fingerprint density at radius 3 is 2.61 bits per heavy atom. The number of aromatic amines is 1. The van der Waals surface area contributed by atoms with Crippen LogP contribution in [0.15, 0.2) is 15.7 Å². The predicted octanol–water partition coefficient (Wildman–Crippen LogP) is 4.13. The molecule has 2 heterocycles. The van der Waals surface area contributed by atoms with Crippen LogP contribution in [0.4, 0.5) is 13.2 Å². The van der Waals surface area contributed by atoms with Crippen molar-refractivity contribution in [3.63, 3.8) is 0 Å². The quantitative estimate of drug-likeness (QED) is 0.631. The molecule has 0 bridgehead atoms. The van der Waals surface area contributed by atoms with Crippen molar-refractivity contribution in [2.75, 3.05) is 6.54 Å². The number of hydrogen-bond donors (Lipinski definition) is 2. The van der Waals surface area contributed by atoms with Gasteiger partial charge >= 0.3 is 5.69 Å². The largest absolute Gasteiger partial charge is 0.330 e. The van der Waals surface area contributed by atoms with Crippen molar-refractivity contribution >= 4 is 22.2 Å². The number of H-pyrrole nitrogens is 1. The number of benzene rings is 1. The van der Waals surface area contributed by atoms with Crippen molar-refractivity contribution in [1.29, 1.82) is 0 Å². The Balaban J connectivity index is 1.82. The van der Waals surface area contributed by atoms with E-state index in [-0.39, 0.29) is 41.9 Å². The Morgan fingerprint density at radius 2 is 1.97 bits per heavy atom. The van der Waals surface area contributed by atoms with Crippen molar-refractivity contribution in [3.05, 3.63) is 54.3 Å². The summed E-state index contributed by atoms with van der Waals surface area (Å²) in [6.45, 7) is 3.01. The fourth-order valence-corrected chi connectivity index (χ4v) is 6.18. The summed E-state index contributed by atoms with van der Waals surface area (Å²) in [6.07, 6.45) is 1.55. The van der Waals surface area contributed by atoms with E-state index in [9.17, 15) is 18.4 Å². The molecule has 0 spiro atoms. The normalized spacial score (nSPS) is 20.3. The van der Waals surface area contributed by atoms with Gasteiger partial charge in [0.25, 0.3) is 11.5 Å². The molecule has 3 N–H and O–H groups in total. The second-order valence-corrected chi connectivity index (χ2v) is 9.70. The van der Waals surface area contributed by atoms with Gasteiger partial charge in [0.15, 0.2) is 0 Å². The second-order valence-electron chi connectivity index (χ2n) is 8.56. The summed E-state index contributed by atoms with van der Waals surface area (Å²) in [5.41, 5.74) is 6.34. The first kappa shape index (κ1) is 20.5. The minimum atomic E-state index is -2.90. The molecule has 0 amide bonds. The SMILES string of the molecule is Cc1c(F)c(-c2cc3c(s2)CCC(F)(F)C3CN)c(C)c2c1c(=O)[nH]c(=O)n2C1CC1. The Morgan fingerprint density at radius 1 is 1.26 bits per heavy atom. The first-order chi connectivity index (χ1) is 14.7. The van der Waals surface area contributed by atoms with Crippen molar-refractivity contribution < 1.29 is 13.2 Å². The predicted molar refractivity (Wildman–Crippen MR) is 115 cm³/mol. The topological polar surface area (TPSA) is 80.9 Å². The van der Waals surface area contributed by atoms with Crippen LogP contribution in [0.2, 0.25) is 0 Å². The standard InChI is InChI=1S/C22H22F3N3O2S/c1-9-17-19(28(11-3-4-11)21(30)27-20(17)29)10(2)16(18(9)23)15-7-12-13(8-26)22(24,25)6-5-14(12)31-15/h7,11,13H,3-6,8,26H2,1-2H3,(H,27,29,30). The molecule has 1 atom stereocenters. The van der Waals surface area contributed by atoms with Crippen LogP contribution < -0.4 is 17.0 Å². The van der Waals surface area contributed by atoms with Crippen LogP contribution in [0.1, 0.15) is 52.8 Å². The van der Waals surface area contributed by atoms with Crippen LogP contribution in [0.25, 0.3) is 21.3 Å². The fourth-order valence-electron chi connectivity index (χ4n) is 4.86. The average molecular weight is 449 g/mol. The first-order valence-electron chi connectivity index (χ1n) is 10.3. The number of aryl methyl sites for hydroxylation is 3. The number of thiophene rings is 1. The third-order valence-corrected chi connectivity index (χ3v) is 7.83. The molecule has 2 aliphatic rings. The van der Waals surface area contributed by atoms with Crippen molar-refractivity contribution in [2.45, 2.75) is 57.4 Å². The zero-order valence-electron chi connectivity index (χ0n) is 17.2. The van der Waals surface area contributed by atoms with Crippen molar-refractivity contribution in [2.24, 2.45) is 5.73 Å². The minimum Gasteiger partial charge on any atom is -0.330 e. The Labute approximate surface area is 179 Å². The van der Waals surface area contributed by atoms with E-state index < -0.39 is 28.9 Å². The van der Waals surface area contributed by atoms with Gasteiger partial charge in [0, 0.05) is 39.9 Å². The number of alkyl halides is 2. The summed E-state index contributed by atoms with van der Waals surface area (Å²) in [5.74, 6) is -4.56. The summed E-state index contributed by atoms with van der Waals surface area (Å²) < 4.78 is 45.9. The minimum absolute atomic E-state index is 0.0277. The van der Waals surface area contributed by atoms with Gasteiger partial charge in [-0.05, 0) is 50.3 Å². The molecule has 5 nitrogen and oxygen atoms in total. The fraction of sp³-hybridized carbons (Fsp3) is 0.455. The van der Waals surface area contributed by atoms with Gasteiger partial charge in [-0.25, -0.2) is 18.0 Å². The van der Waals surface area contributed by atoms with E-state index in [1.807, 2.05) is 0 Å². The van der Waals surface area contributed by atoms with Crippen LogP contribution in [0.3, 0.4) is 0 Å². The number of rotatable bonds is 3. The third-order valence-electron chi connectivity index (χ3n) is 6.60. The van der Waals surface area contributed by atoms with E-state index in [0.717, 1.165) is 17.7 Å². The maximum Gasteiger partial charge on any atom is 0.329 e. The molecule has 2 aliphatic carbocycles. The van der Waals surface area contributed by atoms with E-state index >= 15 is 4.39 Å². The molecule has 0 aliphatic heterocycles. The lowest BCUT2D eigenvalue weighted by molar-refractivity contribution is -0.0381. The highest BCUT2D eigenvalue weighted by Crippen LogP contribution is 2.49. The summed E-state index contributed by atoms with van der Waals surface area (Å²) in [4.78, 5) is 28.7. The lowest BCUT2D eigenvalue weighted by Gasteiger charge is -2.30. The Kier molecular flexibility index (Phi) is 4.50. The van der Waals surface area contributed by atoms with Crippen LogP contribution in [0.5, 0.6) is 0 Å². The molecule has 1 saturated carbocycles. The number of hydrogen-bond acceptors (Lipinski definition) is 4. The summed E-state index contributed by atoms with van der Waals surface area (Å²) in [7, 11) is 0. The highest BCUT2D eigenvalue weighted by molar-refractivity contribution is 7.15. The average Bonchev–Trinajstić information content (AvgIpc) is 3.44. The second kappa shape index (κ2) is 6.80. The van der Waals surface area contributed by atoms with Gasteiger partial charge in [-0.1, -0.05) is 0 Å².